The van der Waals surface area contributed by atoms with Gasteiger partial charge in [0.25, 0.3) is 0 Å². The van der Waals surface area contributed by atoms with Crippen LogP contribution in [0.5, 0.6) is 0 Å². The lowest BCUT2D eigenvalue weighted by atomic mass is 10.0. The van der Waals surface area contributed by atoms with Crippen LogP contribution in [0, 0.1) is 0 Å². The normalized spacial score (nSPS) is 30.9. The van der Waals surface area contributed by atoms with E-state index >= 15 is 0 Å². The highest BCUT2D eigenvalue weighted by atomic mass is 16.5. The van der Waals surface area contributed by atoms with Crippen LogP contribution in [0.25, 0.3) is 11.2 Å². The van der Waals surface area contributed by atoms with Crippen molar-refractivity contribution < 1.29 is 20.1 Å². The number of aliphatic hydroxyl groups excluding tert-OH is 3. The summed E-state index contributed by atoms with van der Waals surface area (Å²) in [6, 6.07) is -0.815. The molecule has 21 heavy (non-hydrogen) atoms. The van der Waals surface area contributed by atoms with Crippen LogP contribution in [-0.2, 0) is 4.74 Å². The highest BCUT2D eigenvalue weighted by molar-refractivity contribution is 5.81. The van der Waals surface area contributed by atoms with Crippen LogP contribution >= 0.6 is 0 Å². The zero-order valence-corrected chi connectivity index (χ0v) is 10.9. The molecule has 2 aromatic heterocycles. The molecular formula is C11H16N6O4. The Kier molecular flexibility index (Phi) is 3.47. The first-order valence-corrected chi connectivity index (χ1v) is 6.35. The molecule has 0 saturated carbocycles. The van der Waals surface area contributed by atoms with Gasteiger partial charge >= 0.3 is 0 Å². The molecule has 0 aromatic carbocycles. The average molecular weight is 296 g/mol. The van der Waals surface area contributed by atoms with Crippen molar-refractivity contribution in [3.05, 3.63) is 12.7 Å². The van der Waals surface area contributed by atoms with Crippen LogP contribution in [0.1, 0.15) is 6.23 Å². The van der Waals surface area contributed by atoms with E-state index in [-0.39, 0.29) is 5.82 Å². The second kappa shape index (κ2) is 5.16. The summed E-state index contributed by atoms with van der Waals surface area (Å²) < 4.78 is 7.09. The van der Waals surface area contributed by atoms with Crippen molar-refractivity contribution in [1.82, 2.24) is 19.5 Å². The number of aliphatic hydroxyl groups is 3. The second-order valence-electron chi connectivity index (χ2n) is 4.89. The molecule has 10 nitrogen and oxygen atoms in total. The Labute approximate surface area is 119 Å². The fourth-order valence-electron chi connectivity index (χ4n) is 2.45. The number of hydrogen-bond acceptors (Lipinski definition) is 9. The molecule has 3 heterocycles. The van der Waals surface area contributed by atoms with Gasteiger partial charge in [-0.25, -0.2) is 15.0 Å². The topological polar surface area (TPSA) is 166 Å². The molecule has 5 atom stereocenters. The highest BCUT2D eigenvalue weighted by Gasteiger charge is 2.46. The first-order valence-electron chi connectivity index (χ1n) is 6.35. The maximum atomic E-state index is 10.0. The van der Waals surface area contributed by atoms with Crippen LogP contribution in [0.15, 0.2) is 12.7 Å². The first-order chi connectivity index (χ1) is 10.0. The number of ether oxygens (including phenoxy) is 1. The van der Waals surface area contributed by atoms with Crippen molar-refractivity contribution in [2.24, 2.45) is 5.73 Å². The molecule has 0 unspecified atom stereocenters. The van der Waals surface area contributed by atoms with Gasteiger partial charge in [-0.3, -0.25) is 4.57 Å². The zero-order valence-electron chi connectivity index (χ0n) is 10.9. The Morgan fingerprint density at radius 2 is 2.14 bits per heavy atom. The summed E-state index contributed by atoms with van der Waals surface area (Å²) in [6.45, 7) is -0.541. The van der Waals surface area contributed by atoms with E-state index in [2.05, 4.69) is 15.0 Å². The SMILES string of the molecule is Nc1ncnc2c1ncn2[C@H]1O[C@@H]([C@H](O)CO)[C@@H](O)[C@@H]1N. The average Bonchev–Trinajstić information content (AvgIpc) is 3.02. The number of aromatic nitrogens is 4. The van der Waals surface area contributed by atoms with Gasteiger partial charge in [0.1, 0.15) is 30.2 Å². The molecule has 2 aromatic rings. The van der Waals surface area contributed by atoms with Crippen LogP contribution < -0.4 is 11.5 Å². The van der Waals surface area contributed by atoms with Crippen molar-refractivity contribution in [3.63, 3.8) is 0 Å². The number of nitrogens with zero attached hydrogens (tertiary/aromatic N) is 4. The number of nitrogens with two attached hydrogens (primary N) is 2. The molecule has 1 aliphatic rings. The molecule has 0 amide bonds. The van der Waals surface area contributed by atoms with Gasteiger partial charge in [0.2, 0.25) is 0 Å². The molecule has 10 heteroatoms. The predicted octanol–water partition coefficient (Wildman–Crippen LogP) is -2.65. The summed E-state index contributed by atoms with van der Waals surface area (Å²) in [5.41, 5.74) is 12.4. The minimum absolute atomic E-state index is 0.220. The molecule has 114 valence electrons. The number of nitrogen functional groups attached to an aromatic ring is 1. The summed E-state index contributed by atoms with van der Waals surface area (Å²) in [5.74, 6) is 0.220. The van der Waals surface area contributed by atoms with Gasteiger partial charge in [-0.1, -0.05) is 0 Å². The van der Waals surface area contributed by atoms with Crippen molar-refractivity contribution in [3.8, 4) is 0 Å². The lowest BCUT2D eigenvalue weighted by Gasteiger charge is -2.19. The van der Waals surface area contributed by atoms with Gasteiger partial charge in [0.15, 0.2) is 17.7 Å². The number of imidazole rings is 1. The molecule has 0 radical (unpaired) electrons. The van der Waals surface area contributed by atoms with E-state index in [0.717, 1.165) is 0 Å². The molecule has 1 fully saturated rings. The molecule has 0 bridgehead atoms. The Bertz CT molecular complexity index is 649. The Hall–Kier alpha value is -1.85. The van der Waals surface area contributed by atoms with E-state index in [1.165, 1.54) is 17.2 Å². The highest BCUT2D eigenvalue weighted by Crippen LogP contribution is 2.32. The lowest BCUT2D eigenvalue weighted by Crippen LogP contribution is -2.43. The van der Waals surface area contributed by atoms with E-state index in [4.69, 9.17) is 21.3 Å². The minimum atomic E-state index is -1.23. The number of rotatable bonds is 3. The van der Waals surface area contributed by atoms with Crippen LogP contribution in [-0.4, -0.2) is 65.8 Å². The number of fused-ring (bicyclic) bond motifs is 1. The van der Waals surface area contributed by atoms with Crippen molar-refractivity contribution in [2.45, 2.75) is 30.6 Å². The van der Waals surface area contributed by atoms with Crippen LogP contribution in [0.4, 0.5) is 5.82 Å². The van der Waals surface area contributed by atoms with E-state index in [9.17, 15) is 10.2 Å². The fraction of sp³-hybridized carbons (Fsp3) is 0.545. The first kappa shape index (κ1) is 14.1. The third-order valence-electron chi connectivity index (χ3n) is 3.58. The smallest absolute Gasteiger partial charge is 0.167 e. The fourth-order valence-corrected chi connectivity index (χ4v) is 2.45. The quantitative estimate of drug-likeness (QED) is 0.406. The predicted molar refractivity (Wildman–Crippen MR) is 70.7 cm³/mol. The third-order valence-corrected chi connectivity index (χ3v) is 3.58. The summed E-state index contributed by atoms with van der Waals surface area (Å²) in [6.07, 6.45) is -1.43. The van der Waals surface area contributed by atoms with Gasteiger partial charge < -0.3 is 31.5 Å². The minimum Gasteiger partial charge on any atom is -0.394 e. The van der Waals surface area contributed by atoms with Crippen LogP contribution in [0.2, 0.25) is 0 Å². The van der Waals surface area contributed by atoms with Gasteiger partial charge in [-0.2, -0.15) is 0 Å². The Balaban J connectivity index is 1.98. The summed E-state index contributed by atoms with van der Waals surface area (Å²) >= 11 is 0. The maximum absolute atomic E-state index is 10.0. The number of anilines is 1. The van der Waals surface area contributed by atoms with Gasteiger partial charge in [0.05, 0.1) is 19.0 Å². The monoisotopic (exact) mass is 296 g/mol. The molecule has 0 aliphatic carbocycles. The van der Waals surface area contributed by atoms with E-state index < -0.39 is 37.2 Å². The standard InChI is InChI=1S/C11H16N6O4/c12-5-7(20)8(4(19)1-18)21-11(5)17-3-16-6-9(13)14-2-15-10(6)17/h2-5,7-8,11,18-20H,1,12H2,(H2,13,14,15)/t4-,5+,7+,8+,11+/m1/s1. The summed E-state index contributed by atoms with van der Waals surface area (Å²) in [4.78, 5) is 12.0. The Morgan fingerprint density at radius 1 is 1.38 bits per heavy atom. The van der Waals surface area contributed by atoms with Crippen molar-refractivity contribution in [2.75, 3.05) is 12.3 Å². The van der Waals surface area contributed by atoms with Crippen LogP contribution in [0.3, 0.4) is 0 Å². The molecule has 3 rings (SSSR count). The van der Waals surface area contributed by atoms with Gasteiger partial charge in [-0.15, -0.1) is 0 Å². The van der Waals surface area contributed by atoms with E-state index in [1.54, 1.807) is 0 Å². The lowest BCUT2D eigenvalue weighted by molar-refractivity contribution is -0.0950. The van der Waals surface area contributed by atoms with Gasteiger partial charge in [-0.05, 0) is 0 Å². The molecule has 1 aliphatic heterocycles. The largest absolute Gasteiger partial charge is 0.394 e. The molecule has 1 saturated heterocycles. The third kappa shape index (κ3) is 2.13. The summed E-state index contributed by atoms with van der Waals surface area (Å²) in [5, 5.41) is 28.7. The Morgan fingerprint density at radius 3 is 2.86 bits per heavy atom. The summed E-state index contributed by atoms with van der Waals surface area (Å²) in [7, 11) is 0. The van der Waals surface area contributed by atoms with Crippen molar-refractivity contribution in [1.29, 1.82) is 0 Å². The second-order valence-corrected chi connectivity index (χ2v) is 4.89. The van der Waals surface area contributed by atoms with E-state index in [0.29, 0.717) is 11.2 Å². The maximum Gasteiger partial charge on any atom is 0.167 e. The molecule has 0 spiro atoms. The zero-order chi connectivity index (χ0) is 15.1. The van der Waals surface area contributed by atoms with Gasteiger partial charge in [0, 0.05) is 0 Å². The number of hydrogen-bond donors (Lipinski definition) is 5. The molecule has 7 N–H and O–H groups in total. The van der Waals surface area contributed by atoms with Crippen molar-refractivity contribution >= 4 is 17.0 Å². The molecular weight excluding hydrogens is 280 g/mol. The van der Waals surface area contributed by atoms with E-state index in [1.807, 2.05) is 0 Å².